The van der Waals surface area contributed by atoms with Crippen LogP contribution in [-0.2, 0) is 15.5 Å². The first kappa shape index (κ1) is 14.4. The molecule has 0 spiro atoms. The summed E-state index contributed by atoms with van der Waals surface area (Å²) in [6.45, 7) is 1.31. The Morgan fingerprint density at radius 1 is 1.00 bits per heavy atom. The van der Waals surface area contributed by atoms with E-state index in [1.807, 2.05) is 36.4 Å². The quantitative estimate of drug-likeness (QED) is 0.863. The molecule has 0 bridgehead atoms. The Bertz CT molecular complexity index is 560. The summed E-state index contributed by atoms with van der Waals surface area (Å²) >= 11 is -2.19. The summed E-state index contributed by atoms with van der Waals surface area (Å²) in [7, 11) is 0. The Kier molecular flexibility index (Phi) is 4.45. The van der Waals surface area contributed by atoms with Gasteiger partial charge in [0.2, 0.25) is 0 Å². The first-order chi connectivity index (χ1) is 10.2. The summed E-state index contributed by atoms with van der Waals surface area (Å²) in [6.07, 6.45) is -0.175. The highest BCUT2D eigenvalue weighted by atomic mass is 32.2. The van der Waals surface area contributed by atoms with E-state index in [0.717, 1.165) is 0 Å². The second-order valence-corrected chi connectivity index (χ2v) is 5.74. The predicted octanol–water partition coefficient (Wildman–Crippen LogP) is 2.61. The van der Waals surface area contributed by atoms with Crippen molar-refractivity contribution in [3.05, 3.63) is 71.8 Å². The molecule has 5 heteroatoms. The van der Waals surface area contributed by atoms with Crippen LogP contribution in [0.1, 0.15) is 17.2 Å². The number of benzene rings is 2. The summed E-state index contributed by atoms with van der Waals surface area (Å²) in [5.74, 6) is 0. The van der Waals surface area contributed by atoms with Crippen LogP contribution in [0.15, 0.2) is 60.7 Å². The second-order valence-electron chi connectivity index (χ2n) is 5.11. The van der Waals surface area contributed by atoms with Crippen molar-refractivity contribution in [2.45, 2.75) is 12.1 Å². The van der Waals surface area contributed by atoms with E-state index in [-0.39, 0.29) is 12.1 Å². The van der Waals surface area contributed by atoms with E-state index in [1.165, 1.54) is 11.1 Å². The molecule has 3 rings (SSSR count). The van der Waals surface area contributed by atoms with Gasteiger partial charge in [-0.2, -0.15) is 4.21 Å². The Morgan fingerprint density at radius 3 is 1.90 bits per heavy atom. The molecule has 0 radical (unpaired) electrons. The zero-order valence-corrected chi connectivity index (χ0v) is 12.3. The molecule has 1 atom stereocenters. The van der Waals surface area contributed by atoms with Gasteiger partial charge in [-0.25, -0.2) is 0 Å². The third-order valence-electron chi connectivity index (χ3n) is 3.69. The molecule has 110 valence electrons. The Balaban J connectivity index is 1.80. The number of hydrogen-bond acceptors (Lipinski definition) is 3. The molecule has 1 heterocycles. The van der Waals surface area contributed by atoms with Crippen LogP contribution in [0.3, 0.4) is 0 Å². The maximum absolute atomic E-state index is 10.7. The fraction of sp³-hybridized carbons (Fsp3) is 0.250. The van der Waals surface area contributed by atoms with Gasteiger partial charge in [-0.1, -0.05) is 60.7 Å². The standard InChI is InChI=1S/C16H17NO3S/c18-21(19)20-15-11-17(12-15)16(13-7-3-1-4-8-13)14-9-5-2-6-10-14/h1-10,15-16H,11-12H2,(H,18,19). The molecule has 0 aromatic heterocycles. The van der Waals surface area contributed by atoms with E-state index in [4.69, 9.17) is 8.74 Å². The van der Waals surface area contributed by atoms with Crippen LogP contribution >= 0.6 is 0 Å². The molecule has 1 fully saturated rings. The van der Waals surface area contributed by atoms with Crippen molar-refractivity contribution in [3.63, 3.8) is 0 Å². The molecule has 21 heavy (non-hydrogen) atoms. The fourth-order valence-electron chi connectivity index (χ4n) is 2.74. The predicted molar refractivity (Wildman–Crippen MR) is 81.9 cm³/mol. The summed E-state index contributed by atoms with van der Waals surface area (Å²) in [5, 5.41) is 0. The van der Waals surface area contributed by atoms with Crippen molar-refractivity contribution < 1.29 is 12.9 Å². The van der Waals surface area contributed by atoms with Crippen molar-refractivity contribution in [1.29, 1.82) is 0 Å². The Labute approximate surface area is 126 Å². The highest BCUT2D eigenvalue weighted by Crippen LogP contribution is 2.32. The smallest absolute Gasteiger partial charge is 0.287 e. The molecule has 1 N–H and O–H groups in total. The van der Waals surface area contributed by atoms with Crippen LogP contribution in [0.5, 0.6) is 0 Å². The lowest BCUT2D eigenvalue weighted by molar-refractivity contribution is 0.00331. The number of nitrogens with zero attached hydrogens (tertiary/aromatic N) is 1. The number of rotatable bonds is 5. The molecule has 0 amide bonds. The maximum atomic E-state index is 10.7. The van der Waals surface area contributed by atoms with Crippen LogP contribution in [0, 0.1) is 0 Å². The largest absolute Gasteiger partial charge is 0.302 e. The van der Waals surface area contributed by atoms with E-state index in [1.54, 1.807) is 0 Å². The monoisotopic (exact) mass is 303 g/mol. The molecule has 1 unspecified atom stereocenters. The van der Waals surface area contributed by atoms with E-state index in [2.05, 4.69) is 29.2 Å². The van der Waals surface area contributed by atoms with Crippen LogP contribution in [0.4, 0.5) is 0 Å². The van der Waals surface area contributed by atoms with Crippen molar-refractivity contribution in [2.24, 2.45) is 0 Å². The molecular formula is C16H17NO3S. The van der Waals surface area contributed by atoms with Crippen molar-refractivity contribution in [1.82, 2.24) is 4.90 Å². The van der Waals surface area contributed by atoms with E-state index < -0.39 is 11.4 Å². The van der Waals surface area contributed by atoms with Crippen molar-refractivity contribution in [3.8, 4) is 0 Å². The van der Waals surface area contributed by atoms with Gasteiger partial charge in [-0.15, -0.1) is 0 Å². The van der Waals surface area contributed by atoms with Crippen LogP contribution in [-0.4, -0.2) is 32.9 Å². The van der Waals surface area contributed by atoms with Gasteiger partial charge >= 0.3 is 11.4 Å². The zero-order valence-electron chi connectivity index (χ0n) is 11.5. The van der Waals surface area contributed by atoms with Gasteiger partial charge in [0.15, 0.2) is 0 Å². The molecule has 4 nitrogen and oxygen atoms in total. The van der Waals surface area contributed by atoms with Gasteiger partial charge in [-0.05, 0) is 11.1 Å². The summed E-state index contributed by atoms with van der Waals surface area (Å²) < 4.78 is 24.4. The SMILES string of the molecule is O=S(O)OC1CN(C(c2ccccc2)c2ccccc2)C1. The lowest BCUT2D eigenvalue weighted by atomic mass is 9.94. The third-order valence-corrected chi connectivity index (χ3v) is 4.13. The molecule has 0 aliphatic carbocycles. The minimum Gasteiger partial charge on any atom is -0.287 e. The van der Waals surface area contributed by atoms with Gasteiger partial charge in [0.1, 0.15) is 6.10 Å². The molecule has 1 saturated heterocycles. The third kappa shape index (κ3) is 3.39. The Hall–Kier alpha value is -1.53. The summed E-state index contributed by atoms with van der Waals surface area (Å²) in [4.78, 5) is 2.25. The van der Waals surface area contributed by atoms with Gasteiger partial charge in [0.05, 0.1) is 6.04 Å². The summed E-state index contributed by atoms with van der Waals surface area (Å²) in [6, 6.07) is 20.7. The van der Waals surface area contributed by atoms with Gasteiger partial charge in [0, 0.05) is 13.1 Å². The number of hydrogen-bond donors (Lipinski definition) is 1. The van der Waals surface area contributed by atoms with Gasteiger partial charge < -0.3 is 0 Å². The molecule has 1 aliphatic rings. The van der Waals surface area contributed by atoms with Crippen LogP contribution in [0.2, 0.25) is 0 Å². The Morgan fingerprint density at radius 2 is 1.48 bits per heavy atom. The van der Waals surface area contributed by atoms with Gasteiger partial charge in [-0.3, -0.25) is 13.6 Å². The van der Waals surface area contributed by atoms with Crippen molar-refractivity contribution >= 4 is 11.4 Å². The highest BCUT2D eigenvalue weighted by molar-refractivity contribution is 7.74. The average molecular weight is 303 g/mol. The normalized spacial score (nSPS) is 17.6. The van der Waals surface area contributed by atoms with E-state index in [0.29, 0.717) is 13.1 Å². The lowest BCUT2D eigenvalue weighted by Crippen LogP contribution is -2.53. The fourth-order valence-corrected chi connectivity index (χ4v) is 3.10. The number of likely N-dealkylation sites (tertiary alicyclic amines) is 1. The summed E-state index contributed by atoms with van der Waals surface area (Å²) in [5.41, 5.74) is 2.43. The topological polar surface area (TPSA) is 49.8 Å². The molecule has 2 aromatic rings. The highest BCUT2D eigenvalue weighted by Gasteiger charge is 2.35. The van der Waals surface area contributed by atoms with Crippen LogP contribution < -0.4 is 0 Å². The van der Waals surface area contributed by atoms with Crippen LogP contribution in [0.25, 0.3) is 0 Å². The molecule has 1 aliphatic heterocycles. The minimum atomic E-state index is -2.19. The first-order valence-electron chi connectivity index (χ1n) is 6.86. The van der Waals surface area contributed by atoms with Crippen molar-refractivity contribution in [2.75, 3.05) is 13.1 Å². The molecule has 2 aromatic carbocycles. The minimum absolute atomic E-state index is 0.152. The first-order valence-corrected chi connectivity index (χ1v) is 7.89. The molecular weight excluding hydrogens is 286 g/mol. The molecule has 0 saturated carbocycles. The second kappa shape index (κ2) is 6.49. The maximum Gasteiger partial charge on any atom is 0.302 e. The lowest BCUT2D eigenvalue weighted by Gasteiger charge is -2.43. The van der Waals surface area contributed by atoms with Gasteiger partial charge in [0.25, 0.3) is 0 Å². The average Bonchev–Trinajstić information content (AvgIpc) is 2.47. The zero-order chi connectivity index (χ0) is 14.7. The van der Waals surface area contributed by atoms with E-state index in [9.17, 15) is 4.21 Å². The van der Waals surface area contributed by atoms with E-state index >= 15 is 0 Å².